The van der Waals surface area contributed by atoms with E-state index in [1.165, 1.54) is 0 Å². The molecular weight excluding hydrogens is 278 g/mol. The molecule has 0 bridgehead atoms. The van der Waals surface area contributed by atoms with Gasteiger partial charge in [0.2, 0.25) is 5.91 Å². The Hall–Kier alpha value is -1.84. The van der Waals surface area contributed by atoms with Crippen LogP contribution in [0.2, 0.25) is 0 Å². The quantitative estimate of drug-likeness (QED) is 0.621. The van der Waals surface area contributed by atoms with E-state index in [-0.39, 0.29) is 30.9 Å². The van der Waals surface area contributed by atoms with Gasteiger partial charge in [0, 0.05) is 12.5 Å². The first-order valence-electron chi connectivity index (χ1n) is 8.07. The fraction of sp³-hybridized carbons (Fsp3) is 0.556. The molecule has 4 heteroatoms. The van der Waals surface area contributed by atoms with Crippen LogP contribution in [0, 0.1) is 5.41 Å². The molecule has 2 atom stereocenters. The van der Waals surface area contributed by atoms with Crippen molar-refractivity contribution in [2.45, 2.75) is 58.6 Å². The van der Waals surface area contributed by atoms with Crippen molar-refractivity contribution in [1.29, 1.82) is 0 Å². The van der Waals surface area contributed by atoms with E-state index in [0.717, 1.165) is 31.2 Å². The third-order valence-electron chi connectivity index (χ3n) is 4.41. The van der Waals surface area contributed by atoms with Crippen LogP contribution in [0.4, 0.5) is 0 Å². The molecule has 0 unspecified atom stereocenters. The van der Waals surface area contributed by atoms with Crippen LogP contribution in [0.25, 0.3) is 0 Å². The molecule has 0 radical (unpaired) electrons. The van der Waals surface area contributed by atoms with E-state index in [1.807, 2.05) is 37.3 Å². The number of rotatable bonds is 7. The fourth-order valence-electron chi connectivity index (χ4n) is 2.95. The molecule has 1 amide bonds. The van der Waals surface area contributed by atoms with E-state index < -0.39 is 5.41 Å². The molecule has 1 heterocycles. The van der Waals surface area contributed by atoms with Gasteiger partial charge in [-0.1, -0.05) is 56.5 Å². The second kappa shape index (κ2) is 7.43. The highest BCUT2D eigenvalue weighted by Crippen LogP contribution is 2.36. The zero-order valence-corrected chi connectivity index (χ0v) is 13.4. The van der Waals surface area contributed by atoms with Crippen molar-refractivity contribution in [3.63, 3.8) is 0 Å². The van der Waals surface area contributed by atoms with Crippen molar-refractivity contribution in [3.05, 3.63) is 35.9 Å². The van der Waals surface area contributed by atoms with Gasteiger partial charge in [-0.15, -0.1) is 0 Å². The van der Waals surface area contributed by atoms with E-state index in [4.69, 9.17) is 4.74 Å². The number of esters is 1. The predicted molar refractivity (Wildman–Crippen MR) is 85.0 cm³/mol. The Bertz CT molecular complexity index is 514. The van der Waals surface area contributed by atoms with Crippen molar-refractivity contribution < 1.29 is 14.3 Å². The summed E-state index contributed by atoms with van der Waals surface area (Å²) in [5.74, 6) is -0.336. The van der Waals surface area contributed by atoms with Crippen LogP contribution in [0.15, 0.2) is 30.3 Å². The molecular formula is C18H25NO3. The Morgan fingerprint density at radius 3 is 2.73 bits per heavy atom. The molecule has 0 spiro atoms. The average molecular weight is 303 g/mol. The van der Waals surface area contributed by atoms with Crippen LogP contribution in [0.3, 0.4) is 0 Å². The Balaban J connectivity index is 1.96. The van der Waals surface area contributed by atoms with Crippen LogP contribution in [-0.4, -0.2) is 17.9 Å². The first-order chi connectivity index (χ1) is 10.6. The predicted octanol–water partition coefficient (Wildman–Crippen LogP) is 3.20. The lowest BCUT2D eigenvalue weighted by Gasteiger charge is -2.28. The molecule has 4 nitrogen and oxygen atoms in total. The minimum Gasteiger partial charge on any atom is -0.460 e. The summed E-state index contributed by atoms with van der Waals surface area (Å²) in [6.07, 6.45) is 4.30. The monoisotopic (exact) mass is 303 g/mol. The molecule has 1 aliphatic rings. The second-order valence-electron chi connectivity index (χ2n) is 6.27. The van der Waals surface area contributed by atoms with Crippen molar-refractivity contribution >= 4 is 11.9 Å². The largest absolute Gasteiger partial charge is 0.460 e. The van der Waals surface area contributed by atoms with Crippen LogP contribution < -0.4 is 5.32 Å². The Kier molecular flexibility index (Phi) is 5.58. The van der Waals surface area contributed by atoms with Crippen LogP contribution in [-0.2, 0) is 20.9 Å². The van der Waals surface area contributed by atoms with Gasteiger partial charge in [0.15, 0.2) is 0 Å². The standard InChI is InChI=1S/C18H25NO3/c1-3-4-6-11-15-18(2,12-16(20)19-15)17(21)22-13-14-9-7-5-8-10-14/h5,7-10,15H,3-4,6,11-13H2,1-2H3,(H,19,20)/t15-,18+/m0/s1. The van der Waals surface area contributed by atoms with Gasteiger partial charge in [-0.05, 0) is 18.9 Å². The summed E-state index contributed by atoms with van der Waals surface area (Å²) in [5, 5.41) is 2.94. The number of carbonyl (C=O) groups excluding carboxylic acids is 2. The maximum absolute atomic E-state index is 12.5. The molecule has 2 rings (SSSR count). The molecule has 1 aromatic carbocycles. The number of hydrogen-bond acceptors (Lipinski definition) is 3. The fourth-order valence-corrected chi connectivity index (χ4v) is 2.95. The molecule has 120 valence electrons. The molecule has 1 fully saturated rings. The van der Waals surface area contributed by atoms with Gasteiger partial charge in [0.1, 0.15) is 6.61 Å². The highest BCUT2D eigenvalue weighted by molar-refractivity contribution is 5.90. The number of carbonyl (C=O) groups is 2. The molecule has 1 saturated heterocycles. The summed E-state index contributed by atoms with van der Waals surface area (Å²) >= 11 is 0. The Labute approximate surface area is 132 Å². The lowest BCUT2D eigenvalue weighted by Crippen LogP contribution is -2.41. The topological polar surface area (TPSA) is 55.4 Å². The molecule has 1 aliphatic heterocycles. The lowest BCUT2D eigenvalue weighted by atomic mass is 9.80. The number of nitrogens with one attached hydrogen (secondary N) is 1. The highest BCUT2D eigenvalue weighted by atomic mass is 16.5. The Morgan fingerprint density at radius 2 is 2.05 bits per heavy atom. The zero-order valence-electron chi connectivity index (χ0n) is 13.4. The number of benzene rings is 1. The van der Waals surface area contributed by atoms with Gasteiger partial charge >= 0.3 is 5.97 Å². The van der Waals surface area contributed by atoms with Crippen molar-refractivity contribution in [2.24, 2.45) is 5.41 Å². The second-order valence-corrected chi connectivity index (χ2v) is 6.27. The Morgan fingerprint density at radius 1 is 1.32 bits per heavy atom. The molecule has 1 N–H and O–H groups in total. The lowest BCUT2D eigenvalue weighted by molar-refractivity contribution is -0.157. The third kappa shape index (κ3) is 3.87. The smallest absolute Gasteiger partial charge is 0.314 e. The van der Waals surface area contributed by atoms with Gasteiger partial charge < -0.3 is 10.1 Å². The summed E-state index contributed by atoms with van der Waals surface area (Å²) in [6.45, 7) is 4.24. The summed E-state index contributed by atoms with van der Waals surface area (Å²) < 4.78 is 5.47. The summed E-state index contributed by atoms with van der Waals surface area (Å²) in [6, 6.07) is 9.49. The van der Waals surface area contributed by atoms with Gasteiger partial charge in [-0.25, -0.2) is 0 Å². The molecule has 0 aromatic heterocycles. The minimum absolute atomic E-state index is 0.0549. The SMILES string of the molecule is CCCCC[C@@H]1NC(=O)C[C@@]1(C)C(=O)OCc1ccccc1. The normalized spacial score (nSPS) is 24.1. The maximum Gasteiger partial charge on any atom is 0.314 e. The number of ether oxygens (including phenoxy) is 1. The van der Waals surface area contributed by atoms with E-state index in [0.29, 0.717) is 0 Å². The summed E-state index contributed by atoms with van der Waals surface area (Å²) in [4.78, 5) is 24.3. The number of amides is 1. The van der Waals surface area contributed by atoms with Crippen LogP contribution in [0.1, 0.15) is 51.5 Å². The first kappa shape index (κ1) is 16.5. The first-order valence-corrected chi connectivity index (χ1v) is 8.07. The van der Waals surface area contributed by atoms with Gasteiger partial charge in [-0.2, -0.15) is 0 Å². The van der Waals surface area contributed by atoms with Crippen molar-refractivity contribution in [1.82, 2.24) is 5.32 Å². The van der Waals surface area contributed by atoms with E-state index in [1.54, 1.807) is 0 Å². The van der Waals surface area contributed by atoms with Crippen LogP contribution >= 0.6 is 0 Å². The zero-order chi connectivity index (χ0) is 16.0. The molecule has 0 saturated carbocycles. The molecule has 22 heavy (non-hydrogen) atoms. The van der Waals surface area contributed by atoms with E-state index in [2.05, 4.69) is 12.2 Å². The van der Waals surface area contributed by atoms with Gasteiger partial charge in [0.05, 0.1) is 5.41 Å². The maximum atomic E-state index is 12.5. The van der Waals surface area contributed by atoms with Crippen LogP contribution in [0.5, 0.6) is 0 Å². The van der Waals surface area contributed by atoms with Crippen molar-refractivity contribution in [3.8, 4) is 0 Å². The van der Waals surface area contributed by atoms with E-state index in [9.17, 15) is 9.59 Å². The van der Waals surface area contributed by atoms with Gasteiger partial charge in [-0.3, -0.25) is 9.59 Å². The molecule has 1 aromatic rings. The van der Waals surface area contributed by atoms with Crippen molar-refractivity contribution in [2.75, 3.05) is 0 Å². The van der Waals surface area contributed by atoms with Gasteiger partial charge in [0.25, 0.3) is 0 Å². The minimum atomic E-state index is -0.750. The number of unbranched alkanes of at least 4 members (excludes halogenated alkanes) is 2. The molecule has 0 aliphatic carbocycles. The summed E-state index contributed by atoms with van der Waals surface area (Å²) in [5.41, 5.74) is 0.207. The highest BCUT2D eigenvalue weighted by Gasteiger charge is 2.49. The van der Waals surface area contributed by atoms with E-state index >= 15 is 0 Å². The average Bonchev–Trinajstić information content (AvgIpc) is 2.81. The summed E-state index contributed by atoms with van der Waals surface area (Å²) in [7, 11) is 0. The third-order valence-corrected chi connectivity index (χ3v) is 4.41. The number of hydrogen-bond donors (Lipinski definition) is 1.